The average molecular weight is 283 g/mol. The van der Waals surface area contributed by atoms with Crippen molar-refractivity contribution in [2.75, 3.05) is 0 Å². The van der Waals surface area contributed by atoms with Crippen molar-refractivity contribution in [3.63, 3.8) is 0 Å². The Hall–Kier alpha value is -1.90. The van der Waals surface area contributed by atoms with Crippen molar-refractivity contribution in [1.29, 1.82) is 0 Å². The van der Waals surface area contributed by atoms with Crippen molar-refractivity contribution in [3.8, 4) is 16.9 Å². The van der Waals surface area contributed by atoms with Crippen LogP contribution in [-0.4, -0.2) is 9.97 Å². The van der Waals surface area contributed by atoms with E-state index in [1.807, 2.05) is 12.1 Å². The van der Waals surface area contributed by atoms with Crippen molar-refractivity contribution in [3.05, 3.63) is 42.0 Å². The van der Waals surface area contributed by atoms with Gasteiger partial charge < -0.3 is 0 Å². The van der Waals surface area contributed by atoms with Crippen molar-refractivity contribution < 1.29 is 5.11 Å². The zero-order valence-corrected chi connectivity index (χ0v) is 13.7. The average Bonchev–Trinajstić information content (AvgIpc) is 2.37. The van der Waals surface area contributed by atoms with Gasteiger partial charge in [0.2, 0.25) is 0 Å². The van der Waals surface area contributed by atoms with E-state index >= 15 is 0 Å². The zero-order chi connectivity index (χ0) is 15.8. The molecular weight excluding hydrogens is 260 g/mol. The second kappa shape index (κ2) is 5.14. The molecule has 1 aromatic heterocycles. The Bertz CT molecular complexity index is 599. The van der Waals surface area contributed by atoms with E-state index in [4.69, 9.17) is 0 Å². The lowest BCUT2D eigenvalue weighted by Gasteiger charge is -2.27. The summed E-state index contributed by atoms with van der Waals surface area (Å²) < 4.78 is 0. The van der Waals surface area contributed by atoms with Crippen molar-refractivity contribution in [2.45, 2.75) is 52.4 Å². The van der Waals surface area contributed by atoms with Crippen LogP contribution in [0.5, 0.6) is 5.75 Å². The number of rotatable bonds is 1. The predicted molar refractivity (Wildman–Crippen MR) is 85.0 cm³/mol. The molecule has 0 unspecified atom stereocenters. The van der Waals surface area contributed by atoms with Crippen LogP contribution in [0.25, 0.3) is 11.1 Å². The highest BCUT2D eigenvalue weighted by molar-refractivity contribution is 5.67. The minimum atomic E-state index is -0.192. The molecule has 21 heavy (non-hydrogen) atoms. The van der Waals surface area contributed by atoms with Crippen molar-refractivity contribution >= 4 is 0 Å². The SMILES string of the molecule is CC(C)(C)c1cc(-c2cncnc2)cc(C(C)(C)C)c1[O]. The van der Waals surface area contributed by atoms with Crippen LogP contribution in [0.3, 0.4) is 0 Å². The van der Waals surface area contributed by atoms with Crippen LogP contribution >= 0.6 is 0 Å². The molecule has 0 saturated heterocycles. The third-order valence-corrected chi connectivity index (χ3v) is 3.60. The Morgan fingerprint density at radius 1 is 0.762 bits per heavy atom. The van der Waals surface area contributed by atoms with Crippen LogP contribution in [0, 0.1) is 0 Å². The van der Waals surface area contributed by atoms with Gasteiger partial charge in [-0.25, -0.2) is 9.97 Å². The van der Waals surface area contributed by atoms with Crippen LogP contribution in [0.15, 0.2) is 30.9 Å². The summed E-state index contributed by atoms with van der Waals surface area (Å²) in [6.07, 6.45) is 5.08. The van der Waals surface area contributed by atoms with Gasteiger partial charge >= 0.3 is 0 Å². The molecule has 2 rings (SSSR count). The van der Waals surface area contributed by atoms with Crippen LogP contribution in [0.4, 0.5) is 0 Å². The summed E-state index contributed by atoms with van der Waals surface area (Å²) in [7, 11) is 0. The lowest BCUT2D eigenvalue weighted by Crippen LogP contribution is -2.17. The molecule has 0 fully saturated rings. The van der Waals surface area contributed by atoms with Gasteiger partial charge in [0.1, 0.15) is 6.33 Å². The van der Waals surface area contributed by atoms with E-state index in [0.29, 0.717) is 0 Å². The van der Waals surface area contributed by atoms with Crippen LogP contribution in [0.1, 0.15) is 52.7 Å². The highest BCUT2D eigenvalue weighted by Crippen LogP contribution is 2.42. The summed E-state index contributed by atoms with van der Waals surface area (Å²) in [5.74, 6) is 0.149. The van der Waals surface area contributed by atoms with Gasteiger partial charge in [0.05, 0.1) is 0 Å². The van der Waals surface area contributed by atoms with E-state index in [-0.39, 0.29) is 16.6 Å². The molecule has 0 atom stereocenters. The smallest absolute Gasteiger partial charge is 0.186 e. The van der Waals surface area contributed by atoms with Gasteiger partial charge in [-0.15, -0.1) is 0 Å². The Morgan fingerprint density at radius 2 is 1.19 bits per heavy atom. The molecule has 0 amide bonds. The molecule has 2 aromatic rings. The Balaban J connectivity index is 2.75. The zero-order valence-electron chi connectivity index (χ0n) is 13.7. The third kappa shape index (κ3) is 3.23. The fourth-order valence-corrected chi connectivity index (χ4v) is 2.36. The lowest BCUT2D eigenvalue weighted by molar-refractivity contribution is 0.327. The summed E-state index contributed by atoms with van der Waals surface area (Å²) in [5, 5.41) is 12.8. The predicted octanol–water partition coefficient (Wildman–Crippen LogP) is 4.88. The first kappa shape index (κ1) is 15.5. The molecule has 0 bridgehead atoms. The number of aromatic nitrogens is 2. The lowest BCUT2D eigenvalue weighted by atomic mass is 9.78. The van der Waals surface area contributed by atoms with Gasteiger partial charge in [-0.2, -0.15) is 0 Å². The molecule has 3 nitrogen and oxygen atoms in total. The number of benzene rings is 1. The fraction of sp³-hybridized carbons (Fsp3) is 0.444. The van der Waals surface area contributed by atoms with Gasteiger partial charge in [-0.1, -0.05) is 41.5 Å². The largest absolute Gasteiger partial charge is 0.289 e. The molecule has 0 aliphatic rings. The summed E-state index contributed by atoms with van der Waals surface area (Å²) >= 11 is 0. The van der Waals surface area contributed by atoms with Crippen LogP contribution in [0.2, 0.25) is 0 Å². The molecule has 0 N–H and O–H groups in total. The molecule has 0 spiro atoms. The maximum absolute atomic E-state index is 12.8. The molecule has 0 aliphatic carbocycles. The van der Waals surface area contributed by atoms with Gasteiger partial charge in [0.15, 0.2) is 5.75 Å². The van der Waals surface area contributed by atoms with E-state index in [0.717, 1.165) is 22.3 Å². The summed E-state index contributed by atoms with van der Waals surface area (Å²) in [4.78, 5) is 8.16. The van der Waals surface area contributed by atoms with E-state index < -0.39 is 0 Å². The highest BCUT2D eigenvalue weighted by atomic mass is 16.3. The molecule has 1 heterocycles. The number of hydrogen-bond acceptors (Lipinski definition) is 2. The van der Waals surface area contributed by atoms with Gasteiger partial charge in [-0.3, -0.25) is 5.11 Å². The molecular formula is C18H23N2O. The first-order valence-electron chi connectivity index (χ1n) is 7.22. The van der Waals surface area contributed by atoms with E-state index in [1.54, 1.807) is 12.4 Å². The Morgan fingerprint density at radius 3 is 1.57 bits per heavy atom. The van der Waals surface area contributed by atoms with E-state index in [2.05, 4.69) is 51.5 Å². The Labute approximate surface area is 127 Å². The summed E-state index contributed by atoms with van der Waals surface area (Å²) in [5.41, 5.74) is 3.24. The monoisotopic (exact) mass is 283 g/mol. The van der Waals surface area contributed by atoms with Gasteiger partial charge in [0, 0.05) is 29.1 Å². The molecule has 3 heteroatoms. The molecule has 1 aromatic carbocycles. The van der Waals surface area contributed by atoms with Gasteiger partial charge in [-0.05, 0) is 28.5 Å². The molecule has 0 saturated carbocycles. The summed E-state index contributed by atoms with van der Waals surface area (Å²) in [6.45, 7) is 12.4. The first-order chi connectivity index (χ1) is 9.60. The normalized spacial score (nSPS) is 12.5. The third-order valence-electron chi connectivity index (χ3n) is 3.60. The van der Waals surface area contributed by atoms with Gasteiger partial charge in [0.25, 0.3) is 0 Å². The topological polar surface area (TPSA) is 45.7 Å². The second-order valence-electron chi connectivity index (χ2n) is 7.53. The van der Waals surface area contributed by atoms with E-state index in [1.165, 1.54) is 6.33 Å². The van der Waals surface area contributed by atoms with Crippen molar-refractivity contribution in [2.24, 2.45) is 0 Å². The van der Waals surface area contributed by atoms with Crippen molar-refractivity contribution in [1.82, 2.24) is 9.97 Å². The van der Waals surface area contributed by atoms with Crippen LogP contribution < -0.4 is 0 Å². The second-order valence-corrected chi connectivity index (χ2v) is 7.53. The first-order valence-corrected chi connectivity index (χ1v) is 7.22. The minimum absolute atomic E-state index is 0.149. The number of nitrogens with zero attached hydrogens (tertiary/aromatic N) is 2. The molecule has 0 aliphatic heterocycles. The number of hydrogen-bond donors (Lipinski definition) is 0. The Kier molecular flexibility index (Phi) is 3.79. The standard InChI is InChI=1S/C18H23N2O/c1-17(2,3)14-7-12(13-9-19-11-20-10-13)8-15(16(14)21)18(4,5)6/h7-11H,1-6H3. The highest BCUT2D eigenvalue weighted by Gasteiger charge is 2.28. The maximum atomic E-state index is 12.8. The minimum Gasteiger partial charge on any atom is -0.289 e. The maximum Gasteiger partial charge on any atom is 0.186 e. The quantitative estimate of drug-likeness (QED) is 0.748. The summed E-state index contributed by atoms with van der Waals surface area (Å²) in [6, 6.07) is 3.96. The van der Waals surface area contributed by atoms with E-state index in [9.17, 15) is 5.11 Å². The molecule has 1 radical (unpaired) electrons. The molecule has 111 valence electrons. The fourth-order valence-electron chi connectivity index (χ4n) is 2.36. The van der Waals surface area contributed by atoms with Crippen LogP contribution in [-0.2, 0) is 15.9 Å².